The number of methoxy groups -OCH3 is 1. The molecule has 2 aromatic rings. The molecule has 1 aliphatic carbocycles. The summed E-state index contributed by atoms with van der Waals surface area (Å²) >= 11 is 0. The molecule has 0 bridgehead atoms. The number of hydrogen-bond acceptors (Lipinski definition) is 6. The normalized spacial score (nSPS) is 16.8. The first-order valence-corrected chi connectivity index (χ1v) is 9.27. The number of rotatable bonds is 9. The SMILES string of the molecule is C/C=C1/C=CC=C(OCCN)C1=NCc1cnc2cc(OCCOC)ccn12. The number of fused-ring (bicyclic) bond motifs is 1. The Morgan fingerprint density at radius 1 is 1.25 bits per heavy atom. The fourth-order valence-electron chi connectivity index (χ4n) is 2.85. The van der Waals surface area contributed by atoms with Crippen LogP contribution in [0.1, 0.15) is 12.6 Å². The summed E-state index contributed by atoms with van der Waals surface area (Å²) in [4.78, 5) is 9.27. The van der Waals surface area contributed by atoms with Crippen molar-refractivity contribution >= 4 is 11.4 Å². The molecular weight excluding hydrogens is 356 g/mol. The first-order valence-electron chi connectivity index (χ1n) is 9.27. The van der Waals surface area contributed by atoms with E-state index in [4.69, 9.17) is 24.9 Å². The number of nitrogens with zero attached hydrogens (tertiary/aromatic N) is 3. The van der Waals surface area contributed by atoms with Crippen LogP contribution in [-0.4, -0.2) is 48.6 Å². The lowest BCUT2D eigenvalue weighted by Gasteiger charge is -2.16. The van der Waals surface area contributed by atoms with Crippen molar-refractivity contribution in [3.8, 4) is 5.75 Å². The average molecular weight is 382 g/mol. The van der Waals surface area contributed by atoms with Crippen molar-refractivity contribution in [1.82, 2.24) is 9.38 Å². The second-order valence-corrected chi connectivity index (χ2v) is 6.12. The molecule has 0 amide bonds. The lowest BCUT2D eigenvalue weighted by molar-refractivity contribution is 0.146. The number of nitrogens with two attached hydrogens (primary N) is 1. The molecule has 0 radical (unpaired) electrons. The molecule has 0 aromatic carbocycles. The van der Waals surface area contributed by atoms with E-state index in [1.165, 1.54) is 0 Å². The van der Waals surface area contributed by atoms with Crippen molar-refractivity contribution in [2.45, 2.75) is 13.5 Å². The summed E-state index contributed by atoms with van der Waals surface area (Å²) in [6, 6.07) is 3.82. The zero-order valence-corrected chi connectivity index (χ0v) is 16.3. The van der Waals surface area contributed by atoms with E-state index >= 15 is 0 Å². The lowest BCUT2D eigenvalue weighted by atomic mass is 10.0. The molecular formula is C21H26N4O3. The standard InChI is InChI=1S/C21H26N4O3/c1-3-16-5-4-6-19(28-10-8-22)21(16)24-15-17-14-23-20-13-18(7-9-25(17)20)27-12-11-26-2/h3-7,9,13-14H,8,10-12,15,22H2,1-2H3/b16-3-,24-21?. The van der Waals surface area contributed by atoms with E-state index in [-0.39, 0.29) is 0 Å². The van der Waals surface area contributed by atoms with Gasteiger partial charge in [0.1, 0.15) is 36.1 Å². The topological polar surface area (TPSA) is 83.4 Å². The van der Waals surface area contributed by atoms with Gasteiger partial charge in [-0.2, -0.15) is 0 Å². The number of aromatic nitrogens is 2. The third kappa shape index (κ3) is 4.68. The van der Waals surface area contributed by atoms with Gasteiger partial charge in [0.05, 0.1) is 25.0 Å². The predicted octanol–water partition coefficient (Wildman–Crippen LogP) is 2.68. The van der Waals surface area contributed by atoms with Crippen molar-refractivity contribution in [2.75, 3.05) is 33.5 Å². The molecule has 2 aromatic heterocycles. The quantitative estimate of drug-likeness (QED) is 0.674. The summed E-state index contributed by atoms with van der Waals surface area (Å²) in [7, 11) is 1.65. The molecule has 2 heterocycles. The zero-order valence-electron chi connectivity index (χ0n) is 16.3. The van der Waals surface area contributed by atoms with Gasteiger partial charge >= 0.3 is 0 Å². The Bertz CT molecular complexity index is 925. The van der Waals surface area contributed by atoms with Gasteiger partial charge in [0, 0.05) is 25.9 Å². The van der Waals surface area contributed by atoms with Gasteiger partial charge in [0.2, 0.25) is 0 Å². The van der Waals surface area contributed by atoms with E-state index < -0.39 is 0 Å². The molecule has 2 N–H and O–H groups in total. The maximum absolute atomic E-state index is 5.76. The van der Waals surface area contributed by atoms with E-state index in [0.29, 0.717) is 32.9 Å². The largest absolute Gasteiger partial charge is 0.491 e. The molecule has 0 fully saturated rings. The molecule has 148 valence electrons. The maximum atomic E-state index is 5.76. The van der Waals surface area contributed by atoms with E-state index in [9.17, 15) is 0 Å². The highest BCUT2D eigenvalue weighted by atomic mass is 16.5. The Morgan fingerprint density at radius 3 is 2.93 bits per heavy atom. The van der Waals surface area contributed by atoms with Crippen LogP contribution in [0, 0.1) is 0 Å². The molecule has 0 saturated carbocycles. The van der Waals surface area contributed by atoms with E-state index in [2.05, 4.69) is 4.98 Å². The second-order valence-electron chi connectivity index (χ2n) is 6.12. The molecule has 1 aliphatic rings. The molecule has 3 rings (SSSR count). The second kappa shape index (κ2) is 9.87. The van der Waals surface area contributed by atoms with Crippen molar-refractivity contribution in [3.05, 3.63) is 65.9 Å². The minimum atomic E-state index is 0.456. The van der Waals surface area contributed by atoms with E-state index in [0.717, 1.165) is 34.1 Å². The maximum Gasteiger partial charge on any atom is 0.145 e. The van der Waals surface area contributed by atoms with Crippen LogP contribution in [0.5, 0.6) is 5.75 Å². The van der Waals surface area contributed by atoms with Crippen LogP contribution in [0.3, 0.4) is 0 Å². The first kappa shape index (κ1) is 19.9. The highest BCUT2D eigenvalue weighted by molar-refractivity contribution is 6.14. The van der Waals surface area contributed by atoms with Crippen molar-refractivity contribution in [1.29, 1.82) is 0 Å². The monoisotopic (exact) mass is 382 g/mol. The summed E-state index contributed by atoms with van der Waals surface area (Å²) < 4.78 is 18.4. The van der Waals surface area contributed by atoms with Gasteiger partial charge < -0.3 is 24.3 Å². The van der Waals surface area contributed by atoms with Gasteiger partial charge in [-0.1, -0.05) is 18.2 Å². The van der Waals surface area contributed by atoms with Gasteiger partial charge in [-0.25, -0.2) is 4.98 Å². The molecule has 0 unspecified atom stereocenters. The summed E-state index contributed by atoms with van der Waals surface area (Å²) in [5.41, 5.74) is 9.22. The van der Waals surface area contributed by atoms with Crippen molar-refractivity contribution in [2.24, 2.45) is 10.7 Å². The molecule has 0 spiro atoms. The number of ether oxygens (including phenoxy) is 3. The van der Waals surface area contributed by atoms with Gasteiger partial charge in [0.15, 0.2) is 0 Å². The minimum absolute atomic E-state index is 0.456. The molecule has 7 nitrogen and oxygen atoms in total. The van der Waals surface area contributed by atoms with E-state index in [1.807, 2.05) is 60.2 Å². The van der Waals surface area contributed by atoms with Crippen LogP contribution < -0.4 is 10.5 Å². The fourth-order valence-corrected chi connectivity index (χ4v) is 2.85. The van der Waals surface area contributed by atoms with Gasteiger partial charge in [-0.05, 0) is 24.6 Å². The van der Waals surface area contributed by atoms with Crippen LogP contribution in [-0.2, 0) is 16.0 Å². The van der Waals surface area contributed by atoms with E-state index in [1.54, 1.807) is 7.11 Å². The number of imidazole rings is 1. The number of pyridine rings is 1. The highest BCUT2D eigenvalue weighted by Gasteiger charge is 2.15. The molecule has 28 heavy (non-hydrogen) atoms. The summed E-state index contributed by atoms with van der Waals surface area (Å²) in [5, 5.41) is 0. The van der Waals surface area contributed by atoms with Crippen LogP contribution in [0.4, 0.5) is 0 Å². The van der Waals surface area contributed by atoms with Gasteiger partial charge in [-0.3, -0.25) is 4.99 Å². The van der Waals surface area contributed by atoms with Gasteiger partial charge in [0.25, 0.3) is 0 Å². The number of aliphatic imine (C=N–C) groups is 1. The Kier molecular flexibility index (Phi) is 7.00. The summed E-state index contributed by atoms with van der Waals surface area (Å²) in [6.45, 7) is 4.44. The minimum Gasteiger partial charge on any atom is -0.491 e. The summed E-state index contributed by atoms with van der Waals surface area (Å²) in [5.74, 6) is 1.51. The van der Waals surface area contributed by atoms with Crippen molar-refractivity contribution < 1.29 is 14.2 Å². The average Bonchev–Trinajstić information content (AvgIpc) is 3.13. The fraction of sp³-hybridized carbons (Fsp3) is 0.333. The molecule has 0 aliphatic heterocycles. The number of allylic oxidation sites excluding steroid dienone is 5. The molecule has 0 saturated heterocycles. The van der Waals surface area contributed by atoms with Crippen LogP contribution in [0.2, 0.25) is 0 Å². The van der Waals surface area contributed by atoms with Gasteiger partial charge in [-0.15, -0.1) is 0 Å². The Hall–Kier alpha value is -2.90. The van der Waals surface area contributed by atoms with Crippen LogP contribution in [0.25, 0.3) is 5.65 Å². The Morgan fingerprint density at radius 2 is 2.14 bits per heavy atom. The zero-order chi connectivity index (χ0) is 19.8. The molecule has 0 atom stereocenters. The lowest BCUT2D eigenvalue weighted by Crippen LogP contribution is -2.16. The highest BCUT2D eigenvalue weighted by Crippen LogP contribution is 2.19. The van der Waals surface area contributed by atoms with Crippen LogP contribution in [0.15, 0.2) is 65.2 Å². The first-order chi connectivity index (χ1) is 13.8. The third-order valence-corrected chi connectivity index (χ3v) is 4.23. The predicted molar refractivity (Wildman–Crippen MR) is 110 cm³/mol. The van der Waals surface area contributed by atoms with Crippen LogP contribution >= 0.6 is 0 Å². The van der Waals surface area contributed by atoms with Crippen molar-refractivity contribution in [3.63, 3.8) is 0 Å². The number of hydrogen-bond donors (Lipinski definition) is 1. The Balaban J connectivity index is 1.79. The molecule has 7 heteroatoms. The summed E-state index contributed by atoms with van der Waals surface area (Å²) in [6.07, 6.45) is 11.7. The third-order valence-electron chi connectivity index (χ3n) is 4.23. The Labute approximate surface area is 164 Å². The smallest absolute Gasteiger partial charge is 0.145 e.